The first kappa shape index (κ1) is 45.5. The minimum atomic E-state index is -1.37. The lowest BCUT2D eigenvalue weighted by atomic mass is 9.89. The molecule has 0 bridgehead atoms. The molecule has 1 fully saturated rings. The number of benzene rings is 1. The third-order valence-corrected chi connectivity index (χ3v) is 10.7. The molecule has 0 spiro atoms. The number of nitrogens with zero attached hydrogens (tertiary/aromatic N) is 2. The number of ether oxygens (including phenoxy) is 2. The maximum absolute atomic E-state index is 14.3. The molecule has 4 N–H and O–H groups in total. The number of rotatable bonds is 21. The number of likely N-dealkylation sites (N-methyl/N-ethyl adjacent to an activating group) is 2. The van der Waals surface area contributed by atoms with Crippen LogP contribution >= 0.6 is 0 Å². The van der Waals surface area contributed by atoms with E-state index < -0.39 is 66.0 Å². The molecule has 2 rings (SSSR count). The number of carboxylic acids is 1. The van der Waals surface area contributed by atoms with Crippen LogP contribution in [0.3, 0.4) is 0 Å². The quantitative estimate of drug-likeness (QED) is 0.148. The van der Waals surface area contributed by atoms with Crippen LogP contribution in [0, 0.1) is 29.5 Å². The Hall–Kier alpha value is -3.62. The van der Waals surface area contributed by atoms with Gasteiger partial charge in [0.05, 0.1) is 42.7 Å². The Kier molecular flexibility index (Phi) is 18.3. The summed E-state index contributed by atoms with van der Waals surface area (Å²) in [5, 5.41) is 18.4. The van der Waals surface area contributed by atoms with E-state index in [0.29, 0.717) is 25.8 Å². The van der Waals surface area contributed by atoms with Gasteiger partial charge in [-0.05, 0) is 49.3 Å². The molecular formula is C39H64FN5O8. The van der Waals surface area contributed by atoms with Crippen molar-refractivity contribution in [3.8, 4) is 0 Å². The summed E-state index contributed by atoms with van der Waals surface area (Å²) in [5.41, 5.74) is 0.164. The van der Waals surface area contributed by atoms with Gasteiger partial charge in [0, 0.05) is 34.2 Å². The van der Waals surface area contributed by atoms with E-state index >= 15 is 0 Å². The molecule has 1 aliphatic rings. The van der Waals surface area contributed by atoms with E-state index in [9.17, 15) is 33.5 Å². The summed E-state index contributed by atoms with van der Waals surface area (Å²) in [7, 11) is 6.36. The van der Waals surface area contributed by atoms with Crippen molar-refractivity contribution >= 4 is 29.6 Å². The summed E-state index contributed by atoms with van der Waals surface area (Å²) in [6, 6.07) is 2.18. The van der Waals surface area contributed by atoms with Crippen LogP contribution in [-0.2, 0) is 39.9 Å². The van der Waals surface area contributed by atoms with Gasteiger partial charge in [-0.15, -0.1) is 0 Å². The van der Waals surface area contributed by atoms with Crippen LogP contribution < -0.4 is 16.0 Å². The molecule has 0 aliphatic carbocycles. The zero-order valence-corrected chi connectivity index (χ0v) is 33.5. The number of hydrogen-bond acceptors (Lipinski definition) is 8. The second-order valence-corrected chi connectivity index (χ2v) is 15.0. The van der Waals surface area contributed by atoms with Crippen LogP contribution in [0.1, 0.15) is 79.7 Å². The summed E-state index contributed by atoms with van der Waals surface area (Å²) >= 11 is 0. The molecule has 0 radical (unpaired) electrons. The number of hydrogen-bond donors (Lipinski definition) is 4. The first-order valence-corrected chi connectivity index (χ1v) is 18.8. The average molecular weight is 750 g/mol. The van der Waals surface area contributed by atoms with Crippen molar-refractivity contribution in [3.05, 3.63) is 35.6 Å². The first-order chi connectivity index (χ1) is 24.9. The highest BCUT2D eigenvalue weighted by Crippen LogP contribution is 2.30. The van der Waals surface area contributed by atoms with E-state index in [1.54, 1.807) is 36.9 Å². The van der Waals surface area contributed by atoms with Crippen LogP contribution in [0.25, 0.3) is 0 Å². The Balaban J connectivity index is 2.27. The van der Waals surface area contributed by atoms with Gasteiger partial charge in [0.25, 0.3) is 0 Å². The van der Waals surface area contributed by atoms with E-state index in [4.69, 9.17) is 9.47 Å². The lowest BCUT2D eigenvalue weighted by Crippen LogP contribution is -2.59. The second-order valence-electron chi connectivity index (χ2n) is 15.0. The van der Waals surface area contributed by atoms with Gasteiger partial charge >= 0.3 is 5.97 Å². The van der Waals surface area contributed by atoms with Crippen molar-refractivity contribution in [3.63, 3.8) is 0 Å². The van der Waals surface area contributed by atoms with E-state index in [-0.39, 0.29) is 53.9 Å². The molecule has 9 atom stereocenters. The summed E-state index contributed by atoms with van der Waals surface area (Å²) in [5.74, 6) is -4.34. The van der Waals surface area contributed by atoms with Crippen LogP contribution in [0.5, 0.6) is 0 Å². The molecule has 53 heavy (non-hydrogen) atoms. The Morgan fingerprint density at radius 1 is 0.962 bits per heavy atom. The number of amides is 4. The van der Waals surface area contributed by atoms with Crippen LogP contribution in [-0.4, -0.2) is 122 Å². The molecule has 0 saturated carbocycles. The SMILES string of the molecule is CCC(C)C(C(CC(=O)N1CCC[C@H]1C(OC)C(C)C(=O)NC(Cc1ccccc1F)C(=O)O)OC)N(C)C(=O)C(NC(=O)C(NC)C(C)C)C(C)C. The van der Waals surface area contributed by atoms with Crippen LogP contribution in [0.15, 0.2) is 24.3 Å². The lowest BCUT2D eigenvalue weighted by Gasteiger charge is -2.41. The molecule has 1 aliphatic heterocycles. The Bertz CT molecular complexity index is 1380. The highest BCUT2D eigenvalue weighted by atomic mass is 19.1. The molecule has 4 amide bonds. The third kappa shape index (κ3) is 11.9. The zero-order valence-electron chi connectivity index (χ0n) is 33.5. The highest BCUT2D eigenvalue weighted by molar-refractivity contribution is 5.90. The Labute approximate surface area is 315 Å². The molecule has 1 aromatic carbocycles. The van der Waals surface area contributed by atoms with E-state index in [0.717, 1.165) is 0 Å². The van der Waals surface area contributed by atoms with Crippen LogP contribution in [0.2, 0.25) is 0 Å². The molecule has 8 unspecified atom stereocenters. The predicted molar refractivity (Wildman–Crippen MR) is 200 cm³/mol. The number of carbonyl (C=O) groups is 5. The molecule has 1 heterocycles. The summed E-state index contributed by atoms with van der Waals surface area (Å²) < 4.78 is 26.1. The normalized spacial score (nSPS) is 19.1. The Morgan fingerprint density at radius 3 is 2.09 bits per heavy atom. The maximum atomic E-state index is 14.3. The maximum Gasteiger partial charge on any atom is 0.326 e. The number of nitrogens with one attached hydrogen (secondary N) is 3. The molecule has 0 aromatic heterocycles. The number of carbonyl (C=O) groups excluding carboxylic acids is 4. The van der Waals surface area contributed by atoms with Gasteiger partial charge in [-0.25, -0.2) is 9.18 Å². The average Bonchev–Trinajstić information content (AvgIpc) is 3.60. The van der Waals surface area contributed by atoms with Gasteiger partial charge in [-0.2, -0.15) is 0 Å². The number of aliphatic carboxylic acids is 1. The van der Waals surface area contributed by atoms with Gasteiger partial charge in [0.15, 0.2) is 0 Å². The van der Waals surface area contributed by atoms with Gasteiger partial charge in [0.1, 0.15) is 17.9 Å². The Morgan fingerprint density at radius 2 is 1.58 bits per heavy atom. The van der Waals surface area contributed by atoms with Gasteiger partial charge in [0.2, 0.25) is 23.6 Å². The van der Waals surface area contributed by atoms with E-state index in [2.05, 4.69) is 16.0 Å². The summed E-state index contributed by atoms with van der Waals surface area (Å²) in [4.78, 5) is 70.2. The van der Waals surface area contributed by atoms with E-state index in [1.165, 1.54) is 32.4 Å². The zero-order chi connectivity index (χ0) is 40.2. The van der Waals surface area contributed by atoms with Crippen LogP contribution in [0.4, 0.5) is 4.39 Å². The molecule has 13 nitrogen and oxygen atoms in total. The number of methoxy groups -OCH3 is 2. The fourth-order valence-electron chi connectivity index (χ4n) is 7.44. The largest absolute Gasteiger partial charge is 0.480 e. The van der Waals surface area contributed by atoms with Crippen molar-refractivity contribution in [1.82, 2.24) is 25.8 Å². The monoisotopic (exact) mass is 749 g/mol. The van der Waals surface area contributed by atoms with Crippen molar-refractivity contribution < 1.29 is 42.9 Å². The van der Waals surface area contributed by atoms with Crippen molar-refractivity contribution in [2.75, 3.05) is 34.9 Å². The standard InChI is InChI=1S/C39H64FN5O8/c1-12-24(6)34(44(9)38(49)33(23(4)5)43-37(48)32(41-8)22(2)3)30(52-10)21-31(46)45-19-15-18-29(45)35(53-11)25(7)36(47)42-28(39(50)51)20-26-16-13-14-17-27(26)40/h13-14,16-17,22-25,28-30,32-35,41H,12,15,18-21H2,1-11H3,(H,42,47)(H,43,48)(H,50,51)/t24?,25?,28?,29-,30?,32?,33?,34?,35?/m0/s1. The molecule has 1 aromatic rings. The van der Waals surface area contributed by atoms with Crippen molar-refractivity contribution in [1.29, 1.82) is 0 Å². The summed E-state index contributed by atoms with van der Waals surface area (Å²) in [6.07, 6.45) is 0.190. The third-order valence-electron chi connectivity index (χ3n) is 10.7. The fourth-order valence-corrected chi connectivity index (χ4v) is 7.44. The predicted octanol–water partition coefficient (Wildman–Crippen LogP) is 3.24. The smallest absolute Gasteiger partial charge is 0.326 e. The summed E-state index contributed by atoms with van der Waals surface area (Å²) in [6.45, 7) is 13.7. The minimum absolute atomic E-state index is 0.00844. The molecule has 300 valence electrons. The molecule has 14 heteroatoms. The minimum Gasteiger partial charge on any atom is -0.480 e. The fraction of sp³-hybridized carbons (Fsp3) is 0.718. The van der Waals surface area contributed by atoms with Gasteiger partial charge in [-0.1, -0.05) is 73.1 Å². The van der Waals surface area contributed by atoms with E-state index in [1.807, 2.05) is 41.5 Å². The molecule has 1 saturated heterocycles. The number of halogens is 1. The number of carboxylic acid groups (broad SMARTS) is 1. The first-order valence-electron chi connectivity index (χ1n) is 18.8. The highest BCUT2D eigenvalue weighted by Gasteiger charge is 2.43. The van der Waals surface area contributed by atoms with Gasteiger partial charge < -0.3 is 40.3 Å². The second kappa shape index (κ2) is 21.3. The lowest BCUT2D eigenvalue weighted by molar-refractivity contribution is -0.148. The molecular weight excluding hydrogens is 685 g/mol. The number of likely N-dealkylation sites (tertiary alicyclic amines) is 1. The topological polar surface area (TPSA) is 167 Å². The van der Waals surface area contributed by atoms with Gasteiger partial charge in [-0.3, -0.25) is 19.2 Å². The van der Waals surface area contributed by atoms with Crippen molar-refractivity contribution in [2.45, 2.75) is 123 Å². The van der Waals surface area contributed by atoms with Crippen molar-refractivity contribution in [2.24, 2.45) is 23.7 Å².